The molecule has 1 unspecified atom stereocenters. The Kier molecular flexibility index (Phi) is 7.26. The Balaban J connectivity index is 1.59. The van der Waals surface area contributed by atoms with E-state index >= 15 is 0 Å². The van der Waals surface area contributed by atoms with Crippen molar-refractivity contribution in [3.63, 3.8) is 0 Å². The van der Waals surface area contributed by atoms with Crippen LogP contribution in [-0.2, 0) is 0 Å². The Morgan fingerprint density at radius 1 is 0.737 bits per heavy atom. The van der Waals surface area contributed by atoms with Crippen molar-refractivity contribution >= 4 is 21.5 Å². The number of phenolic OH excluding ortho intramolecular Hbond substituents is 3. The highest BCUT2D eigenvalue weighted by Crippen LogP contribution is 2.39. The third kappa shape index (κ3) is 5.32. The molecular formula is C31H31N3O4. The molecular weight excluding hydrogens is 478 g/mol. The summed E-state index contributed by atoms with van der Waals surface area (Å²) in [5.74, 6) is -0.176. The molecule has 1 heterocycles. The van der Waals surface area contributed by atoms with E-state index in [0.29, 0.717) is 18.3 Å². The number of aromatic nitrogens is 3. The predicted octanol–water partition coefficient (Wildman–Crippen LogP) is 7.22. The van der Waals surface area contributed by atoms with Crippen LogP contribution in [0.5, 0.6) is 23.3 Å². The SMILES string of the molecule is CCCCC(CC)COc1nc(-c2ccc3cc4ccccc4cc3c2)nc(-c2c(O)cc(O)cc2O)n1. The molecule has 1 aromatic heterocycles. The maximum Gasteiger partial charge on any atom is 0.320 e. The van der Waals surface area contributed by atoms with Crippen molar-refractivity contribution < 1.29 is 20.1 Å². The number of phenols is 3. The van der Waals surface area contributed by atoms with Gasteiger partial charge in [0.2, 0.25) is 0 Å². The first-order chi connectivity index (χ1) is 18.4. The minimum atomic E-state index is -0.343. The molecule has 3 N–H and O–H groups in total. The Morgan fingerprint density at radius 3 is 2.08 bits per heavy atom. The Bertz CT molecular complexity index is 1580. The molecule has 0 aliphatic heterocycles. The molecule has 1 atom stereocenters. The Morgan fingerprint density at radius 2 is 1.39 bits per heavy atom. The van der Waals surface area contributed by atoms with Gasteiger partial charge in [0.1, 0.15) is 22.8 Å². The van der Waals surface area contributed by atoms with Crippen LogP contribution in [-0.4, -0.2) is 36.9 Å². The molecule has 0 saturated heterocycles. The summed E-state index contributed by atoms with van der Waals surface area (Å²) in [6.45, 7) is 4.76. The van der Waals surface area contributed by atoms with E-state index in [9.17, 15) is 15.3 Å². The molecule has 7 heteroatoms. The van der Waals surface area contributed by atoms with Crippen LogP contribution in [0.3, 0.4) is 0 Å². The highest BCUT2D eigenvalue weighted by atomic mass is 16.5. The van der Waals surface area contributed by atoms with Gasteiger partial charge in [0, 0.05) is 17.7 Å². The first kappa shape index (κ1) is 25.3. The van der Waals surface area contributed by atoms with Gasteiger partial charge in [0.15, 0.2) is 11.6 Å². The van der Waals surface area contributed by atoms with Gasteiger partial charge in [-0.1, -0.05) is 69.5 Å². The van der Waals surface area contributed by atoms with Crippen molar-refractivity contribution in [3.05, 3.63) is 66.7 Å². The highest BCUT2D eigenvalue weighted by Gasteiger charge is 2.20. The third-order valence-electron chi connectivity index (χ3n) is 6.87. The fourth-order valence-electron chi connectivity index (χ4n) is 4.66. The van der Waals surface area contributed by atoms with E-state index in [2.05, 4.69) is 53.1 Å². The van der Waals surface area contributed by atoms with E-state index < -0.39 is 0 Å². The third-order valence-corrected chi connectivity index (χ3v) is 6.87. The number of nitrogens with zero attached hydrogens (tertiary/aromatic N) is 3. The fourth-order valence-corrected chi connectivity index (χ4v) is 4.66. The monoisotopic (exact) mass is 509 g/mol. The van der Waals surface area contributed by atoms with E-state index in [1.165, 1.54) is 0 Å². The molecule has 0 amide bonds. The zero-order valence-corrected chi connectivity index (χ0v) is 21.6. The van der Waals surface area contributed by atoms with E-state index in [1.54, 1.807) is 0 Å². The summed E-state index contributed by atoms with van der Waals surface area (Å²) in [7, 11) is 0. The first-order valence-corrected chi connectivity index (χ1v) is 13.0. The lowest BCUT2D eigenvalue weighted by atomic mass is 10.0. The summed E-state index contributed by atoms with van der Waals surface area (Å²) >= 11 is 0. The fraction of sp³-hybridized carbons (Fsp3) is 0.258. The van der Waals surface area contributed by atoms with Gasteiger partial charge in [0.05, 0.1) is 6.61 Å². The number of benzene rings is 4. The number of rotatable bonds is 9. The molecule has 0 radical (unpaired) electrons. The van der Waals surface area contributed by atoms with Crippen LogP contribution in [0.25, 0.3) is 44.3 Å². The molecule has 0 saturated carbocycles. The molecule has 5 aromatic rings. The second-order valence-electron chi connectivity index (χ2n) is 9.61. The van der Waals surface area contributed by atoms with Gasteiger partial charge in [0.25, 0.3) is 0 Å². The molecule has 0 aliphatic carbocycles. The lowest BCUT2D eigenvalue weighted by Gasteiger charge is -2.16. The molecule has 194 valence electrons. The summed E-state index contributed by atoms with van der Waals surface area (Å²) in [4.78, 5) is 13.6. The quantitative estimate of drug-likeness (QED) is 0.180. The largest absolute Gasteiger partial charge is 0.508 e. The number of hydrogen-bond acceptors (Lipinski definition) is 7. The van der Waals surface area contributed by atoms with Crippen LogP contribution in [0.2, 0.25) is 0 Å². The van der Waals surface area contributed by atoms with Crippen molar-refractivity contribution in [2.45, 2.75) is 39.5 Å². The predicted molar refractivity (Wildman–Crippen MR) is 150 cm³/mol. The maximum atomic E-state index is 10.5. The molecule has 0 spiro atoms. The molecule has 5 rings (SSSR count). The van der Waals surface area contributed by atoms with Crippen LogP contribution in [0, 0.1) is 5.92 Å². The molecule has 0 bridgehead atoms. The van der Waals surface area contributed by atoms with Crippen molar-refractivity contribution in [2.75, 3.05) is 6.61 Å². The standard InChI is InChI=1S/C31H31N3O4/c1-3-5-8-19(4-2)18-38-31-33-29(32-30(34-31)28-26(36)16-25(35)17-27(28)37)23-12-11-22-13-20-9-6-7-10-21(20)14-24(22)15-23/h6-7,9-17,19,35-37H,3-5,8,18H2,1-2H3. The molecule has 0 aliphatic rings. The van der Waals surface area contributed by atoms with E-state index in [0.717, 1.165) is 64.9 Å². The van der Waals surface area contributed by atoms with Crippen LogP contribution in [0.15, 0.2) is 66.7 Å². The minimum Gasteiger partial charge on any atom is -0.508 e. The molecule has 4 aromatic carbocycles. The first-order valence-electron chi connectivity index (χ1n) is 13.0. The molecule has 38 heavy (non-hydrogen) atoms. The normalized spacial score (nSPS) is 12.2. The second kappa shape index (κ2) is 10.9. The van der Waals surface area contributed by atoms with Crippen molar-refractivity contribution in [1.82, 2.24) is 15.0 Å². The molecule has 7 nitrogen and oxygen atoms in total. The summed E-state index contributed by atoms with van der Waals surface area (Å²) in [5, 5.41) is 35.2. The van der Waals surface area contributed by atoms with Gasteiger partial charge in [-0.2, -0.15) is 9.97 Å². The van der Waals surface area contributed by atoms with Crippen LogP contribution < -0.4 is 4.74 Å². The van der Waals surface area contributed by atoms with E-state index in [4.69, 9.17) is 4.74 Å². The van der Waals surface area contributed by atoms with Crippen molar-refractivity contribution in [2.24, 2.45) is 5.92 Å². The second-order valence-corrected chi connectivity index (χ2v) is 9.61. The van der Waals surface area contributed by atoms with E-state index in [-0.39, 0.29) is 34.6 Å². The molecule has 0 fully saturated rings. The van der Waals surface area contributed by atoms with E-state index in [1.807, 2.05) is 30.3 Å². The number of hydrogen-bond donors (Lipinski definition) is 3. The summed E-state index contributed by atoms with van der Waals surface area (Å²) in [6.07, 6.45) is 4.27. The maximum absolute atomic E-state index is 10.5. The van der Waals surface area contributed by atoms with Crippen LogP contribution >= 0.6 is 0 Å². The zero-order valence-electron chi connectivity index (χ0n) is 21.6. The zero-order chi connectivity index (χ0) is 26.6. The average molecular weight is 510 g/mol. The lowest BCUT2D eigenvalue weighted by molar-refractivity contribution is 0.217. The van der Waals surface area contributed by atoms with Gasteiger partial charge < -0.3 is 20.1 Å². The summed E-state index contributed by atoms with van der Waals surface area (Å²) in [5.41, 5.74) is 0.748. The number of unbranched alkanes of at least 4 members (excludes halogenated alkanes) is 1. The van der Waals surface area contributed by atoms with Crippen LogP contribution in [0.4, 0.5) is 0 Å². The van der Waals surface area contributed by atoms with Gasteiger partial charge in [-0.25, -0.2) is 4.98 Å². The highest BCUT2D eigenvalue weighted by molar-refractivity contribution is 5.99. The van der Waals surface area contributed by atoms with Gasteiger partial charge in [-0.15, -0.1) is 0 Å². The minimum absolute atomic E-state index is 0.00103. The van der Waals surface area contributed by atoms with Crippen molar-refractivity contribution in [1.29, 1.82) is 0 Å². The Labute approximate surface area is 221 Å². The smallest absolute Gasteiger partial charge is 0.320 e. The topological polar surface area (TPSA) is 109 Å². The Hall–Kier alpha value is -4.39. The summed E-state index contributed by atoms with van der Waals surface area (Å²) < 4.78 is 6.05. The average Bonchev–Trinajstić information content (AvgIpc) is 2.91. The van der Waals surface area contributed by atoms with Gasteiger partial charge in [-0.3, -0.25) is 0 Å². The van der Waals surface area contributed by atoms with Gasteiger partial charge >= 0.3 is 6.01 Å². The summed E-state index contributed by atoms with van der Waals surface area (Å²) in [6, 6.07) is 20.8. The number of fused-ring (bicyclic) bond motifs is 2. The van der Waals surface area contributed by atoms with Crippen molar-refractivity contribution in [3.8, 4) is 46.0 Å². The van der Waals surface area contributed by atoms with Crippen LogP contribution in [0.1, 0.15) is 39.5 Å². The number of aromatic hydroxyl groups is 3. The van der Waals surface area contributed by atoms with Gasteiger partial charge in [-0.05, 0) is 52.1 Å². The number of ether oxygens (including phenoxy) is 1. The lowest BCUT2D eigenvalue weighted by Crippen LogP contribution is -2.13.